The third-order valence-electron chi connectivity index (χ3n) is 4.97. The number of rotatable bonds is 1. The Hall–Kier alpha value is -2.21. The van der Waals surface area contributed by atoms with Crippen LogP contribution in [0.25, 0.3) is 10.4 Å². The molecule has 1 atom stereocenters. The van der Waals surface area contributed by atoms with Crippen LogP contribution in [-0.4, -0.2) is 28.9 Å². The van der Waals surface area contributed by atoms with Crippen LogP contribution in [0.5, 0.6) is 0 Å². The summed E-state index contributed by atoms with van der Waals surface area (Å²) in [7, 11) is 1.53. The highest BCUT2D eigenvalue weighted by atomic mass is 32.1. The van der Waals surface area contributed by atoms with Gasteiger partial charge in [0.2, 0.25) is 5.91 Å². The van der Waals surface area contributed by atoms with Crippen molar-refractivity contribution in [2.75, 3.05) is 7.05 Å². The predicted molar refractivity (Wildman–Crippen MR) is 92.8 cm³/mol. The second kappa shape index (κ2) is 5.41. The number of fused-ring (bicyclic) bond motifs is 2. The van der Waals surface area contributed by atoms with Crippen molar-refractivity contribution in [3.8, 4) is 10.4 Å². The third kappa shape index (κ3) is 2.33. The molecule has 2 aromatic rings. The summed E-state index contributed by atoms with van der Waals surface area (Å²) in [6.07, 6.45) is 6.85. The van der Waals surface area contributed by atoms with Gasteiger partial charge < -0.3 is 5.32 Å². The lowest BCUT2D eigenvalue weighted by Gasteiger charge is -2.42. The molecule has 1 fully saturated rings. The summed E-state index contributed by atoms with van der Waals surface area (Å²) in [5.74, 6) is -0.114. The van der Waals surface area contributed by atoms with E-state index in [0.29, 0.717) is 6.42 Å². The van der Waals surface area contributed by atoms with Crippen LogP contribution in [0.3, 0.4) is 0 Å². The van der Waals surface area contributed by atoms with Gasteiger partial charge in [-0.05, 0) is 49.4 Å². The number of carbonyl (C=O) groups excluding carboxylic acids is 2. The molecule has 1 saturated heterocycles. The first-order chi connectivity index (χ1) is 11.5. The molecule has 124 valence electrons. The lowest BCUT2D eigenvalue weighted by molar-refractivity contribution is -0.131. The Morgan fingerprint density at radius 2 is 2.12 bits per heavy atom. The van der Waals surface area contributed by atoms with Gasteiger partial charge in [-0.2, -0.15) is 0 Å². The number of nitrogens with zero attached hydrogens (tertiary/aromatic N) is 2. The Labute approximate surface area is 144 Å². The zero-order valence-corrected chi connectivity index (χ0v) is 14.6. The fourth-order valence-corrected chi connectivity index (χ4v) is 4.96. The van der Waals surface area contributed by atoms with Crippen LogP contribution in [0.1, 0.15) is 35.3 Å². The van der Waals surface area contributed by atoms with Crippen molar-refractivity contribution in [2.24, 2.45) is 0 Å². The number of hydrogen-bond donors (Lipinski definition) is 1. The van der Waals surface area contributed by atoms with Crippen molar-refractivity contribution in [2.45, 2.75) is 38.1 Å². The molecule has 24 heavy (non-hydrogen) atoms. The lowest BCUT2D eigenvalue weighted by Crippen LogP contribution is -2.59. The highest BCUT2D eigenvalue weighted by Crippen LogP contribution is 2.45. The van der Waals surface area contributed by atoms with E-state index in [1.165, 1.54) is 16.8 Å². The molecule has 5 nitrogen and oxygen atoms in total. The van der Waals surface area contributed by atoms with Gasteiger partial charge in [-0.15, -0.1) is 11.3 Å². The SMILES string of the molecule is Cc1cncc(-c2cc3c(s2)CCC[C@]32CC(=O)N(C)C(=O)N2)c1. The monoisotopic (exact) mass is 341 g/mol. The minimum atomic E-state index is -0.541. The van der Waals surface area contributed by atoms with E-state index < -0.39 is 5.54 Å². The number of urea groups is 1. The molecule has 2 aliphatic rings. The van der Waals surface area contributed by atoms with Crippen molar-refractivity contribution < 1.29 is 9.59 Å². The topological polar surface area (TPSA) is 62.3 Å². The number of carbonyl (C=O) groups is 2. The number of aromatic nitrogens is 1. The minimum absolute atomic E-state index is 0.114. The van der Waals surface area contributed by atoms with E-state index in [4.69, 9.17) is 0 Å². The summed E-state index contributed by atoms with van der Waals surface area (Å²) in [5, 5.41) is 3.10. The zero-order valence-electron chi connectivity index (χ0n) is 13.8. The van der Waals surface area contributed by atoms with E-state index in [0.717, 1.165) is 40.8 Å². The maximum Gasteiger partial charge on any atom is 0.324 e. The standard InChI is InChI=1S/C18H19N3O2S/c1-11-6-12(10-19-9-11)15-7-13-14(24-15)4-3-5-18(13)8-16(22)21(2)17(23)20-18/h6-7,9-10H,3-5,8H2,1-2H3,(H,20,23)/t18-/m0/s1. The van der Waals surface area contributed by atoms with Gasteiger partial charge in [0, 0.05) is 34.8 Å². The Kier molecular flexibility index (Phi) is 3.46. The Morgan fingerprint density at radius 1 is 1.29 bits per heavy atom. The number of thiophene rings is 1. The fraction of sp³-hybridized carbons (Fsp3) is 0.389. The molecule has 4 rings (SSSR count). The van der Waals surface area contributed by atoms with Gasteiger partial charge in [-0.3, -0.25) is 14.7 Å². The van der Waals surface area contributed by atoms with Gasteiger partial charge >= 0.3 is 6.03 Å². The van der Waals surface area contributed by atoms with Crippen LogP contribution in [0, 0.1) is 6.92 Å². The van der Waals surface area contributed by atoms with E-state index in [1.54, 1.807) is 11.3 Å². The summed E-state index contributed by atoms with van der Waals surface area (Å²) >= 11 is 1.75. The molecule has 1 aliphatic heterocycles. The summed E-state index contributed by atoms with van der Waals surface area (Å²) in [6.45, 7) is 2.03. The normalized spacial score (nSPS) is 23.3. The molecular formula is C18H19N3O2S. The number of imide groups is 1. The van der Waals surface area contributed by atoms with E-state index in [1.807, 2.05) is 19.3 Å². The second-order valence-corrected chi connectivity index (χ2v) is 7.83. The number of nitrogens with one attached hydrogen (secondary N) is 1. The average Bonchev–Trinajstić information content (AvgIpc) is 2.99. The van der Waals surface area contributed by atoms with Gasteiger partial charge in [0.15, 0.2) is 0 Å². The van der Waals surface area contributed by atoms with E-state index in [9.17, 15) is 9.59 Å². The summed E-state index contributed by atoms with van der Waals surface area (Å²) in [4.78, 5) is 32.3. The van der Waals surface area contributed by atoms with Crippen LogP contribution in [0.15, 0.2) is 24.5 Å². The average molecular weight is 341 g/mol. The molecule has 1 aliphatic carbocycles. The smallest absolute Gasteiger partial charge is 0.324 e. The van der Waals surface area contributed by atoms with Gasteiger partial charge in [-0.1, -0.05) is 0 Å². The maximum absolute atomic E-state index is 12.3. The molecule has 2 aromatic heterocycles. The largest absolute Gasteiger partial charge is 0.328 e. The molecule has 6 heteroatoms. The van der Waals surface area contributed by atoms with Crippen molar-refractivity contribution in [1.29, 1.82) is 0 Å². The molecule has 0 saturated carbocycles. The molecule has 0 bridgehead atoms. The molecule has 0 radical (unpaired) electrons. The zero-order chi connectivity index (χ0) is 16.9. The van der Waals surface area contributed by atoms with Crippen LogP contribution >= 0.6 is 11.3 Å². The van der Waals surface area contributed by atoms with Crippen LogP contribution < -0.4 is 5.32 Å². The van der Waals surface area contributed by atoms with Gasteiger partial charge in [0.25, 0.3) is 0 Å². The number of amides is 3. The van der Waals surface area contributed by atoms with Crippen LogP contribution in [-0.2, 0) is 16.8 Å². The maximum atomic E-state index is 12.3. The quantitative estimate of drug-likeness (QED) is 0.866. The van der Waals surface area contributed by atoms with Crippen LogP contribution in [0.4, 0.5) is 4.79 Å². The van der Waals surface area contributed by atoms with E-state index >= 15 is 0 Å². The molecule has 3 heterocycles. The lowest BCUT2D eigenvalue weighted by atomic mass is 9.76. The minimum Gasteiger partial charge on any atom is -0.328 e. The summed E-state index contributed by atoms with van der Waals surface area (Å²) in [6, 6.07) is 3.97. The van der Waals surface area contributed by atoms with Gasteiger partial charge in [0.1, 0.15) is 0 Å². The van der Waals surface area contributed by atoms with E-state index in [-0.39, 0.29) is 11.9 Å². The molecule has 0 aromatic carbocycles. The number of pyridine rings is 1. The van der Waals surface area contributed by atoms with Crippen molar-refractivity contribution >= 4 is 23.3 Å². The molecule has 1 N–H and O–H groups in total. The fourth-order valence-electron chi connectivity index (χ4n) is 3.67. The van der Waals surface area contributed by atoms with Gasteiger partial charge in [0.05, 0.1) is 12.0 Å². The molecule has 0 unspecified atom stereocenters. The van der Waals surface area contributed by atoms with Crippen molar-refractivity contribution in [3.05, 3.63) is 40.5 Å². The Bertz CT molecular complexity index is 825. The highest BCUT2D eigenvalue weighted by molar-refractivity contribution is 7.15. The van der Waals surface area contributed by atoms with Crippen molar-refractivity contribution in [3.63, 3.8) is 0 Å². The first-order valence-electron chi connectivity index (χ1n) is 8.12. The molecule has 3 amide bonds. The molecular weight excluding hydrogens is 322 g/mol. The van der Waals surface area contributed by atoms with Gasteiger partial charge in [-0.25, -0.2) is 4.79 Å². The Morgan fingerprint density at radius 3 is 2.88 bits per heavy atom. The first kappa shape index (κ1) is 15.3. The number of aryl methyl sites for hydroxylation is 2. The van der Waals surface area contributed by atoms with Crippen molar-refractivity contribution in [1.82, 2.24) is 15.2 Å². The first-order valence-corrected chi connectivity index (χ1v) is 8.94. The number of hydrogen-bond acceptors (Lipinski definition) is 4. The summed E-state index contributed by atoms with van der Waals surface area (Å²) < 4.78 is 0. The highest BCUT2D eigenvalue weighted by Gasteiger charge is 2.46. The molecule has 1 spiro atoms. The van der Waals surface area contributed by atoms with Crippen LogP contribution in [0.2, 0.25) is 0 Å². The van der Waals surface area contributed by atoms with E-state index in [2.05, 4.69) is 22.4 Å². The second-order valence-electron chi connectivity index (χ2n) is 6.69. The predicted octanol–water partition coefficient (Wildman–Crippen LogP) is 3.22. The third-order valence-corrected chi connectivity index (χ3v) is 6.21. The summed E-state index contributed by atoms with van der Waals surface area (Å²) in [5.41, 5.74) is 2.79. The Balaban J connectivity index is 1.79.